The van der Waals surface area contributed by atoms with Crippen LogP contribution in [-0.2, 0) is 22.6 Å². The van der Waals surface area contributed by atoms with E-state index in [-0.39, 0.29) is 12.0 Å². The molecular formula is C17H17N3O4. The van der Waals surface area contributed by atoms with Crippen molar-refractivity contribution in [3.63, 3.8) is 0 Å². The minimum atomic E-state index is -0.696. The molecule has 0 fully saturated rings. The van der Waals surface area contributed by atoms with Crippen molar-refractivity contribution < 1.29 is 9.53 Å². The summed E-state index contributed by atoms with van der Waals surface area (Å²) < 4.78 is 7.21. The van der Waals surface area contributed by atoms with Gasteiger partial charge in [0.2, 0.25) is 0 Å². The molecule has 3 rings (SSSR count). The van der Waals surface area contributed by atoms with Crippen molar-refractivity contribution in [2.75, 3.05) is 6.61 Å². The minimum Gasteiger partial charge on any atom is -0.377 e. The van der Waals surface area contributed by atoms with Crippen molar-refractivity contribution in [3.05, 3.63) is 56.9 Å². The first kappa shape index (κ1) is 16.1. The summed E-state index contributed by atoms with van der Waals surface area (Å²) in [5.41, 5.74) is 3.58. The van der Waals surface area contributed by atoms with E-state index in [9.17, 15) is 14.5 Å². The van der Waals surface area contributed by atoms with E-state index in [0.29, 0.717) is 30.7 Å². The zero-order valence-corrected chi connectivity index (χ0v) is 13.2. The topological polar surface area (TPSA) is 93.0 Å². The fraction of sp³-hybridized carbons (Fsp3) is 0.294. The highest BCUT2D eigenvalue weighted by molar-refractivity contribution is 5.80. The van der Waals surface area contributed by atoms with Crippen LogP contribution in [0.1, 0.15) is 24.6 Å². The van der Waals surface area contributed by atoms with Crippen LogP contribution in [-0.4, -0.2) is 21.9 Å². The van der Waals surface area contributed by atoms with Gasteiger partial charge in [0.05, 0.1) is 17.6 Å². The van der Waals surface area contributed by atoms with E-state index in [1.165, 1.54) is 0 Å². The van der Waals surface area contributed by atoms with Crippen molar-refractivity contribution in [3.8, 4) is 0 Å². The number of fused-ring (bicyclic) bond motifs is 3. The summed E-state index contributed by atoms with van der Waals surface area (Å²) >= 11 is 0. The number of nitrogens with one attached hydrogen (secondary N) is 1. The van der Waals surface area contributed by atoms with Crippen LogP contribution in [0.15, 0.2) is 40.3 Å². The summed E-state index contributed by atoms with van der Waals surface area (Å²) in [5.74, 6) is -0.696. The number of aryl methyl sites for hydroxylation is 1. The molecule has 0 spiro atoms. The molecule has 124 valence electrons. The minimum absolute atomic E-state index is 0.0202. The highest BCUT2D eigenvalue weighted by atomic mass is 16.5. The molecule has 0 aliphatic carbocycles. The van der Waals surface area contributed by atoms with E-state index < -0.39 is 5.91 Å². The number of carbonyl (C=O) groups is 1. The van der Waals surface area contributed by atoms with Crippen LogP contribution < -0.4 is 5.56 Å². The second-order valence-corrected chi connectivity index (χ2v) is 5.47. The van der Waals surface area contributed by atoms with Crippen LogP contribution in [0.5, 0.6) is 0 Å². The largest absolute Gasteiger partial charge is 0.377 e. The molecule has 0 unspecified atom stereocenters. The van der Waals surface area contributed by atoms with Gasteiger partial charge in [0, 0.05) is 23.9 Å². The van der Waals surface area contributed by atoms with E-state index in [4.69, 9.17) is 4.74 Å². The maximum absolute atomic E-state index is 12.3. The number of ether oxygens (including phenoxy) is 1. The third-order valence-corrected chi connectivity index (χ3v) is 3.91. The number of aromatic amines is 1. The predicted molar refractivity (Wildman–Crippen MR) is 90.0 cm³/mol. The van der Waals surface area contributed by atoms with Crippen molar-refractivity contribution in [2.45, 2.75) is 26.4 Å². The lowest BCUT2D eigenvalue weighted by atomic mass is 10.2. The number of hydrogen-bond donors (Lipinski definition) is 1. The standard InChI is InChI=1S/C17H17N3O4/c1-2-24-10-11-3-6-14-13(9-11)18-17(22)15-7-4-12(20(14)15)5-8-16(21)19-23/h3-4,6-7,9H,2,5,8,10H2,1H3,(H,18,22). The summed E-state index contributed by atoms with van der Waals surface area (Å²) in [7, 11) is 0. The molecule has 0 radical (unpaired) electrons. The number of carbonyl (C=O) groups excluding carboxylic acids is 1. The zero-order chi connectivity index (χ0) is 17.1. The number of hydrogen-bond acceptors (Lipinski definition) is 4. The normalized spacial score (nSPS) is 11.2. The molecule has 0 saturated heterocycles. The molecule has 0 aliphatic rings. The van der Waals surface area contributed by atoms with Crippen molar-refractivity contribution in [1.82, 2.24) is 9.38 Å². The Bertz CT molecular complexity index is 971. The lowest BCUT2D eigenvalue weighted by Crippen LogP contribution is -2.11. The number of aromatic nitrogens is 2. The van der Waals surface area contributed by atoms with E-state index in [1.54, 1.807) is 12.1 Å². The quantitative estimate of drug-likeness (QED) is 0.704. The van der Waals surface area contributed by atoms with Gasteiger partial charge in [-0.3, -0.25) is 9.59 Å². The molecule has 0 bridgehead atoms. The second kappa shape index (κ2) is 6.76. The highest BCUT2D eigenvalue weighted by Crippen LogP contribution is 2.19. The lowest BCUT2D eigenvalue weighted by molar-refractivity contribution is -0.117. The van der Waals surface area contributed by atoms with Gasteiger partial charge in [-0.2, -0.15) is 0 Å². The molecule has 0 saturated carbocycles. The number of H-pyrrole nitrogens is 1. The van der Waals surface area contributed by atoms with E-state index in [2.05, 4.69) is 10.2 Å². The number of benzene rings is 1. The molecule has 2 heterocycles. The Kier molecular flexibility index (Phi) is 4.52. The zero-order valence-electron chi connectivity index (χ0n) is 13.2. The van der Waals surface area contributed by atoms with E-state index in [1.807, 2.05) is 29.5 Å². The molecule has 1 aromatic carbocycles. The average Bonchev–Trinajstić information content (AvgIpc) is 3.02. The fourth-order valence-corrected chi connectivity index (χ4v) is 2.79. The first-order valence-corrected chi connectivity index (χ1v) is 7.73. The van der Waals surface area contributed by atoms with Crippen LogP contribution in [0.25, 0.3) is 16.6 Å². The van der Waals surface area contributed by atoms with Crippen molar-refractivity contribution in [2.24, 2.45) is 5.18 Å². The smallest absolute Gasteiger partial charge is 0.286 e. The van der Waals surface area contributed by atoms with Gasteiger partial charge in [0.15, 0.2) is 0 Å². The molecule has 0 atom stereocenters. The molecular weight excluding hydrogens is 310 g/mol. The monoisotopic (exact) mass is 327 g/mol. The highest BCUT2D eigenvalue weighted by Gasteiger charge is 2.11. The number of nitrogens with zero attached hydrogens (tertiary/aromatic N) is 2. The predicted octanol–water partition coefficient (Wildman–Crippen LogP) is 2.54. The number of amides is 1. The lowest BCUT2D eigenvalue weighted by Gasteiger charge is -2.09. The first-order valence-electron chi connectivity index (χ1n) is 7.73. The third kappa shape index (κ3) is 2.98. The summed E-state index contributed by atoms with van der Waals surface area (Å²) in [6.45, 7) is 3.02. The van der Waals surface area contributed by atoms with Gasteiger partial charge in [-0.05, 0) is 43.2 Å². The molecule has 7 heteroatoms. The Hall–Kier alpha value is -2.80. The Morgan fingerprint density at radius 2 is 2.04 bits per heavy atom. The summed E-state index contributed by atoms with van der Waals surface area (Å²) in [6, 6.07) is 9.23. The summed E-state index contributed by atoms with van der Waals surface area (Å²) in [4.78, 5) is 36.5. The molecule has 0 aliphatic heterocycles. The Labute approximate surface area is 137 Å². The van der Waals surface area contributed by atoms with Gasteiger partial charge < -0.3 is 14.1 Å². The van der Waals surface area contributed by atoms with Gasteiger partial charge >= 0.3 is 0 Å². The molecule has 2 aromatic heterocycles. The Morgan fingerprint density at radius 3 is 2.79 bits per heavy atom. The van der Waals surface area contributed by atoms with E-state index >= 15 is 0 Å². The van der Waals surface area contributed by atoms with Crippen molar-refractivity contribution in [1.29, 1.82) is 0 Å². The SMILES string of the molecule is CCOCc1ccc2c(c1)[nH]c(=O)c1ccc(CCC(=O)N=O)n12. The maximum atomic E-state index is 12.3. The average molecular weight is 327 g/mol. The van der Waals surface area contributed by atoms with E-state index in [0.717, 1.165) is 16.8 Å². The van der Waals surface area contributed by atoms with Crippen LogP contribution in [0.3, 0.4) is 0 Å². The first-order chi connectivity index (χ1) is 11.6. The molecule has 24 heavy (non-hydrogen) atoms. The van der Waals surface area contributed by atoms with Crippen LogP contribution in [0.2, 0.25) is 0 Å². The van der Waals surface area contributed by atoms with Gasteiger partial charge in [-0.1, -0.05) is 6.07 Å². The van der Waals surface area contributed by atoms with Gasteiger partial charge in [-0.15, -0.1) is 4.91 Å². The van der Waals surface area contributed by atoms with Crippen molar-refractivity contribution >= 4 is 22.5 Å². The molecule has 7 nitrogen and oxygen atoms in total. The molecule has 3 aromatic rings. The maximum Gasteiger partial charge on any atom is 0.286 e. The Balaban J connectivity index is 2.10. The van der Waals surface area contributed by atoms with Crippen LogP contribution in [0, 0.1) is 4.91 Å². The fourth-order valence-electron chi connectivity index (χ4n) is 2.79. The van der Waals surface area contributed by atoms with Crippen LogP contribution >= 0.6 is 0 Å². The number of nitroso groups, excluding NO2 is 1. The van der Waals surface area contributed by atoms with Crippen LogP contribution in [0.4, 0.5) is 0 Å². The molecule has 1 N–H and O–H groups in total. The Morgan fingerprint density at radius 1 is 1.25 bits per heavy atom. The second-order valence-electron chi connectivity index (χ2n) is 5.47. The molecule has 1 amide bonds. The summed E-state index contributed by atoms with van der Waals surface area (Å²) in [5, 5.41) is 2.41. The van der Waals surface area contributed by atoms with Gasteiger partial charge in [0.1, 0.15) is 5.52 Å². The third-order valence-electron chi connectivity index (χ3n) is 3.91. The van der Waals surface area contributed by atoms with Gasteiger partial charge in [0.25, 0.3) is 11.5 Å². The van der Waals surface area contributed by atoms with Gasteiger partial charge in [-0.25, -0.2) is 0 Å². The number of rotatable bonds is 6. The summed E-state index contributed by atoms with van der Waals surface area (Å²) in [6.07, 6.45) is 0.365.